The quantitative estimate of drug-likeness (QED) is 0.204. The molecular formula is C37H43N3O2. The molecule has 42 heavy (non-hydrogen) atoms. The summed E-state index contributed by atoms with van der Waals surface area (Å²) in [4.78, 5) is 20.0. The van der Waals surface area contributed by atoms with Gasteiger partial charge in [-0.1, -0.05) is 118 Å². The van der Waals surface area contributed by atoms with Crippen LogP contribution < -0.4 is 0 Å². The van der Waals surface area contributed by atoms with Crippen LogP contribution in [0.5, 0.6) is 0 Å². The summed E-state index contributed by atoms with van der Waals surface area (Å²) in [5, 5.41) is 0. The molecule has 1 amide bonds. The second-order valence-corrected chi connectivity index (χ2v) is 12.2. The molecule has 3 aromatic carbocycles. The number of piperazine rings is 1. The molecule has 218 valence electrons. The van der Waals surface area contributed by atoms with Gasteiger partial charge < -0.3 is 9.32 Å². The van der Waals surface area contributed by atoms with Crippen LogP contribution in [-0.2, 0) is 25.0 Å². The smallest absolute Gasteiger partial charge is 0.289 e. The van der Waals surface area contributed by atoms with E-state index in [2.05, 4.69) is 116 Å². The zero-order chi connectivity index (χ0) is 29.4. The second kappa shape index (κ2) is 13.8. The van der Waals surface area contributed by atoms with Crippen molar-refractivity contribution in [1.82, 2.24) is 14.7 Å². The highest BCUT2D eigenvalue weighted by molar-refractivity contribution is 5.91. The molecule has 1 aliphatic rings. The van der Waals surface area contributed by atoms with E-state index in [-0.39, 0.29) is 11.3 Å². The average molecular weight is 562 g/mol. The van der Waals surface area contributed by atoms with Crippen molar-refractivity contribution < 1.29 is 9.21 Å². The molecule has 0 radical (unpaired) electrons. The molecule has 0 N–H and O–H groups in total. The molecule has 0 saturated carbocycles. The highest BCUT2D eigenvalue weighted by atomic mass is 16.4. The molecule has 1 saturated heterocycles. The van der Waals surface area contributed by atoms with Gasteiger partial charge in [-0.3, -0.25) is 14.6 Å². The summed E-state index contributed by atoms with van der Waals surface area (Å²) in [7, 11) is 0. The van der Waals surface area contributed by atoms with Crippen molar-refractivity contribution in [1.29, 1.82) is 0 Å². The number of hydrogen-bond donors (Lipinski definition) is 0. The number of amides is 1. The van der Waals surface area contributed by atoms with E-state index < -0.39 is 0 Å². The first-order valence-corrected chi connectivity index (χ1v) is 15.0. The third-order valence-electron chi connectivity index (χ3n) is 7.86. The standard InChI is InChI=1S/C37H43N3O2/c1-37(2,3)33-18-16-32(17-19-33)28-39(27-31-13-8-5-9-14-31)29-34-20-21-35(42-34)36(41)40-25-23-38(24-26-40)22-10-15-30-11-6-4-7-12-30/h4-21H,22-29H2,1-3H3/b15-10+. The van der Waals surface area contributed by atoms with E-state index in [1.54, 1.807) is 0 Å². The van der Waals surface area contributed by atoms with E-state index in [0.29, 0.717) is 25.4 Å². The van der Waals surface area contributed by atoms with Gasteiger partial charge in [0.05, 0.1) is 6.54 Å². The molecule has 0 bridgehead atoms. The SMILES string of the molecule is CC(C)(C)c1ccc(CN(Cc2ccccc2)Cc2ccc(C(=O)N3CCN(C/C=C/c4ccccc4)CC3)o2)cc1. The number of nitrogens with zero attached hydrogens (tertiary/aromatic N) is 3. The zero-order valence-corrected chi connectivity index (χ0v) is 25.2. The number of furan rings is 1. The zero-order valence-electron chi connectivity index (χ0n) is 25.2. The molecular weight excluding hydrogens is 518 g/mol. The molecule has 1 fully saturated rings. The normalized spacial score (nSPS) is 14.6. The van der Waals surface area contributed by atoms with Gasteiger partial charge in [0.2, 0.25) is 0 Å². The highest BCUT2D eigenvalue weighted by Gasteiger charge is 2.24. The summed E-state index contributed by atoms with van der Waals surface area (Å²) in [5.74, 6) is 1.22. The van der Waals surface area contributed by atoms with E-state index in [9.17, 15) is 4.79 Å². The van der Waals surface area contributed by atoms with E-state index in [4.69, 9.17) is 4.42 Å². The van der Waals surface area contributed by atoms with Crippen molar-refractivity contribution in [2.24, 2.45) is 0 Å². The van der Waals surface area contributed by atoms with Crippen LogP contribution in [0.1, 0.15) is 59.3 Å². The van der Waals surface area contributed by atoms with Gasteiger partial charge in [-0.15, -0.1) is 0 Å². The van der Waals surface area contributed by atoms with Crippen molar-refractivity contribution in [3.63, 3.8) is 0 Å². The lowest BCUT2D eigenvalue weighted by molar-refractivity contribution is 0.0615. The minimum atomic E-state index is -0.0203. The molecule has 0 spiro atoms. The van der Waals surface area contributed by atoms with Crippen LogP contribution in [-0.4, -0.2) is 53.3 Å². The largest absolute Gasteiger partial charge is 0.455 e. The molecule has 2 heterocycles. The molecule has 5 nitrogen and oxygen atoms in total. The van der Waals surface area contributed by atoms with Gasteiger partial charge in [-0.2, -0.15) is 0 Å². The molecule has 4 aromatic rings. The molecule has 0 aliphatic carbocycles. The maximum absolute atomic E-state index is 13.3. The highest BCUT2D eigenvalue weighted by Crippen LogP contribution is 2.23. The third kappa shape index (κ3) is 8.31. The van der Waals surface area contributed by atoms with Crippen molar-refractivity contribution >= 4 is 12.0 Å². The third-order valence-corrected chi connectivity index (χ3v) is 7.86. The Morgan fingerprint density at radius 3 is 2.02 bits per heavy atom. The predicted octanol–water partition coefficient (Wildman–Crippen LogP) is 7.25. The minimum Gasteiger partial charge on any atom is -0.455 e. The Labute approximate surface area is 251 Å². The van der Waals surface area contributed by atoms with E-state index >= 15 is 0 Å². The predicted molar refractivity (Wildman–Crippen MR) is 171 cm³/mol. The summed E-state index contributed by atoms with van der Waals surface area (Å²) in [6.07, 6.45) is 4.36. The fourth-order valence-electron chi connectivity index (χ4n) is 5.37. The Bertz CT molecular complexity index is 1430. The van der Waals surface area contributed by atoms with Gasteiger partial charge in [0.1, 0.15) is 5.76 Å². The number of benzene rings is 3. The van der Waals surface area contributed by atoms with Crippen LogP contribution in [0.2, 0.25) is 0 Å². The number of carbonyl (C=O) groups is 1. The van der Waals surface area contributed by atoms with Crippen molar-refractivity contribution in [3.05, 3.63) is 137 Å². The fourth-order valence-corrected chi connectivity index (χ4v) is 5.37. The first-order chi connectivity index (χ1) is 20.3. The van der Waals surface area contributed by atoms with Crippen molar-refractivity contribution in [2.75, 3.05) is 32.7 Å². The van der Waals surface area contributed by atoms with Gasteiger partial charge in [0.15, 0.2) is 5.76 Å². The van der Waals surface area contributed by atoms with E-state index in [1.807, 2.05) is 29.2 Å². The summed E-state index contributed by atoms with van der Waals surface area (Å²) in [5.41, 5.74) is 5.19. The van der Waals surface area contributed by atoms with E-state index in [0.717, 1.165) is 38.5 Å². The van der Waals surface area contributed by atoms with Crippen molar-refractivity contribution in [3.8, 4) is 0 Å². The molecule has 5 rings (SSSR count). The van der Waals surface area contributed by atoms with Crippen molar-refractivity contribution in [2.45, 2.75) is 45.8 Å². The number of rotatable bonds is 10. The summed E-state index contributed by atoms with van der Waals surface area (Å²) in [6, 6.07) is 33.6. The monoisotopic (exact) mass is 561 g/mol. The fraction of sp³-hybridized carbons (Fsp3) is 0.324. The molecule has 0 unspecified atom stereocenters. The summed E-state index contributed by atoms with van der Waals surface area (Å²) >= 11 is 0. The minimum absolute atomic E-state index is 0.0203. The Morgan fingerprint density at radius 1 is 0.762 bits per heavy atom. The summed E-state index contributed by atoms with van der Waals surface area (Å²) < 4.78 is 6.15. The Kier molecular flexibility index (Phi) is 9.73. The van der Waals surface area contributed by atoms with Crippen LogP contribution in [0.3, 0.4) is 0 Å². The Morgan fingerprint density at radius 2 is 1.38 bits per heavy atom. The van der Waals surface area contributed by atoms with Gasteiger partial charge in [0, 0.05) is 45.8 Å². The van der Waals surface area contributed by atoms with E-state index in [1.165, 1.54) is 22.3 Å². The molecule has 1 aliphatic heterocycles. The van der Waals surface area contributed by atoms with Gasteiger partial charge in [-0.25, -0.2) is 0 Å². The van der Waals surface area contributed by atoms with Gasteiger partial charge >= 0.3 is 0 Å². The summed E-state index contributed by atoms with van der Waals surface area (Å²) in [6.45, 7) is 13.0. The second-order valence-electron chi connectivity index (χ2n) is 12.2. The van der Waals surface area contributed by atoms with Crippen LogP contribution in [0.15, 0.2) is 108 Å². The van der Waals surface area contributed by atoms with Crippen LogP contribution in [0, 0.1) is 0 Å². The molecule has 1 aromatic heterocycles. The van der Waals surface area contributed by atoms with Crippen LogP contribution in [0.4, 0.5) is 0 Å². The number of carbonyl (C=O) groups excluding carboxylic acids is 1. The first kappa shape index (κ1) is 29.6. The Balaban J connectivity index is 1.18. The molecule has 0 atom stereocenters. The van der Waals surface area contributed by atoms with Crippen LogP contribution >= 0.6 is 0 Å². The maximum atomic E-state index is 13.3. The first-order valence-electron chi connectivity index (χ1n) is 15.0. The lowest BCUT2D eigenvalue weighted by Crippen LogP contribution is -2.48. The number of hydrogen-bond acceptors (Lipinski definition) is 4. The molecule has 5 heteroatoms. The van der Waals surface area contributed by atoms with Gasteiger partial charge in [-0.05, 0) is 39.8 Å². The topological polar surface area (TPSA) is 39.9 Å². The van der Waals surface area contributed by atoms with Crippen LogP contribution in [0.25, 0.3) is 6.08 Å². The lowest BCUT2D eigenvalue weighted by Gasteiger charge is -2.33. The van der Waals surface area contributed by atoms with Gasteiger partial charge in [0.25, 0.3) is 5.91 Å². The maximum Gasteiger partial charge on any atom is 0.289 e. The lowest BCUT2D eigenvalue weighted by atomic mass is 9.87. The average Bonchev–Trinajstić information content (AvgIpc) is 3.46. The Hall–Kier alpha value is -3.93.